The Kier molecular flexibility index (Phi) is 4.77. The van der Waals surface area contributed by atoms with Crippen LogP contribution in [-0.4, -0.2) is 9.97 Å². The third-order valence-electron chi connectivity index (χ3n) is 3.08. The van der Waals surface area contributed by atoms with Crippen LogP contribution in [0.25, 0.3) is 0 Å². The van der Waals surface area contributed by atoms with Crippen molar-refractivity contribution in [2.24, 2.45) is 0 Å². The van der Waals surface area contributed by atoms with E-state index in [0.717, 1.165) is 12.2 Å². The van der Waals surface area contributed by atoms with Crippen molar-refractivity contribution in [2.75, 3.05) is 0 Å². The lowest BCUT2D eigenvalue weighted by Gasteiger charge is -2.21. The first-order valence-corrected chi connectivity index (χ1v) is 7.29. The minimum atomic E-state index is 0.272. The third-order valence-corrected chi connectivity index (χ3v) is 3.80. The molecule has 0 aliphatic carbocycles. The summed E-state index contributed by atoms with van der Waals surface area (Å²) in [7, 11) is 0. The van der Waals surface area contributed by atoms with Crippen molar-refractivity contribution in [3.63, 3.8) is 0 Å². The monoisotopic (exact) mass is 355 g/mol. The number of halogens is 1. The fourth-order valence-corrected chi connectivity index (χ4v) is 2.37. The van der Waals surface area contributed by atoms with Gasteiger partial charge in [0.25, 0.3) is 0 Å². The molecular weight excluding hydrogens is 337 g/mol. The Bertz CT molecular complexity index is 464. The first kappa shape index (κ1) is 13.5. The van der Waals surface area contributed by atoms with Crippen LogP contribution in [0.2, 0.25) is 0 Å². The normalized spacial score (nSPS) is 14.4. The Balaban J connectivity index is 2.05. The van der Waals surface area contributed by atoms with Crippen LogP contribution in [0.5, 0.6) is 0 Å². The van der Waals surface area contributed by atoms with E-state index in [1.54, 1.807) is 6.20 Å². The van der Waals surface area contributed by atoms with Crippen LogP contribution < -0.4 is 5.32 Å². The smallest absolute Gasteiger partial charge is 0.123 e. The Hall–Kier alpha value is -0.880. The van der Waals surface area contributed by atoms with Gasteiger partial charge in [-0.15, -0.1) is 0 Å². The number of benzene rings is 1. The van der Waals surface area contributed by atoms with E-state index in [4.69, 9.17) is 0 Å². The lowest BCUT2D eigenvalue weighted by Crippen LogP contribution is -2.25. The number of imidazole rings is 1. The summed E-state index contributed by atoms with van der Waals surface area (Å²) >= 11 is 2.33. The van der Waals surface area contributed by atoms with Gasteiger partial charge in [0.15, 0.2) is 0 Å². The van der Waals surface area contributed by atoms with E-state index >= 15 is 0 Å². The van der Waals surface area contributed by atoms with Gasteiger partial charge in [-0.25, -0.2) is 4.98 Å². The van der Waals surface area contributed by atoms with Crippen molar-refractivity contribution >= 4 is 22.6 Å². The van der Waals surface area contributed by atoms with Crippen molar-refractivity contribution in [3.8, 4) is 0 Å². The van der Waals surface area contributed by atoms with Crippen molar-refractivity contribution in [1.82, 2.24) is 15.3 Å². The van der Waals surface area contributed by atoms with Crippen LogP contribution in [0.1, 0.15) is 43.7 Å². The molecule has 2 atom stereocenters. The van der Waals surface area contributed by atoms with Crippen LogP contribution >= 0.6 is 22.6 Å². The molecular formula is C14H18IN3. The first-order valence-electron chi connectivity index (χ1n) is 6.21. The average Bonchev–Trinajstić information content (AvgIpc) is 2.90. The van der Waals surface area contributed by atoms with Gasteiger partial charge in [-0.2, -0.15) is 0 Å². The number of aromatic nitrogens is 2. The average molecular weight is 355 g/mol. The predicted octanol–water partition coefficient (Wildman–Crippen LogP) is 3.82. The standard InChI is InChI=1S/C14H18IN3/c1-3-13(14-16-8-9-17-14)18-10(2)11-4-6-12(15)7-5-11/h4-10,13,18H,3H2,1-2H3,(H,16,17). The first-order chi connectivity index (χ1) is 8.70. The third kappa shape index (κ3) is 3.32. The zero-order valence-electron chi connectivity index (χ0n) is 10.7. The van der Waals surface area contributed by atoms with Crippen molar-refractivity contribution in [1.29, 1.82) is 0 Å². The van der Waals surface area contributed by atoms with E-state index in [1.807, 2.05) is 6.20 Å². The molecule has 0 bridgehead atoms. The Morgan fingerprint density at radius 2 is 2.06 bits per heavy atom. The van der Waals surface area contributed by atoms with Crippen LogP contribution in [-0.2, 0) is 0 Å². The summed E-state index contributed by atoms with van der Waals surface area (Å²) in [6, 6.07) is 9.22. The number of hydrogen-bond donors (Lipinski definition) is 2. The molecule has 0 aliphatic rings. The summed E-state index contributed by atoms with van der Waals surface area (Å²) in [5.41, 5.74) is 1.31. The Morgan fingerprint density at radius 1 is 1.33 bits per heavy atom. The summed E-state index contributed by atoms with van der Waals surface area (Å²) in [5.74, 6) is 1.01. The second-order valence-corrected chi connectivity index (χ2v) is 5.62. The number of rotatable bonds is 5. The van der Waals surface area contributed by atoms with Gasteiger partial charge in [0.2, 0.25) is 0 Å². The highest BCUT2D eigenvalue weighted by Gasteiger charge is 2.15. The molecule has 0 aliphatic heterocycles. The number of nitrogens with one attached hydrogen (secondary N) is 2. The molecule has 0 fully saturated rings. The van der Waals surface area contributed by atoms with Crippen molar-refractivity contribution in [3.05, 3.63) is 51.6 Å². The maximum absolute atomic E-state index is 4.33. The van der Waals surface area contributed by atoms with Gasteiger partial charge in [-0.3, -0.25) is 0 Å². The second-order valence-electron chi connectivity index (χ2n) is 4.38. The van der Waals surface area contributed by atoms with Gasteiger partial charge < -0.3 is 10.3 Å². The van der Waals surface area contributed by atoms with Crippen LogP contribution in [0, 0.1) is 3.57 Å². The molecule has 18 heavy (non-hydrogen) atoms. The maximum Gasteiger partial charge on any atom is 0.123 e. The fraction of sp³-hybridized carbons (Fsp3) is 0.357. The molecule has 1 aromatic heterocycles. The molecule has 2 N–H and O–H groups in total. The zero-order valence-corrected chi connectivity index (χ0v) is 12.8. The topological polar surface area (TPSA) is 40.7 Å². The molecule has 2 aromatic rings. The molecule has 0 amide bonds. The largest absolute Gasteiger partial charge is 0.347 e. The molecule has 2 rings (SSSR count). The quantitative estimate of drug-likeness (QED) is 0.801. The number of aromatic amines is 1. The molecule has 0 radical (unpaired) electrons. The molecule has 0 saturated carbocycles. The Morgan fingerprint density at radius 3 is 2.61 bits per heavy atom. The summed E-state index contributed by atoms with van der Waals surface area (Å²) in [6.45, 7) is 4.36. The van der Waals surface area contributed by atoms with E-state index in [0.29, 0.717) is 6.04 Å². The summed E-state index contributed by atoms with van der Waals surface area (Å²) in [6.07, 6.45) is 4.69. The maximum atomic E-state index is 4.33. The molecule has 0 spiro atoms. The van der Waals surface area contributed by atoms with E-state index in [-0.39, 0.29) is 6.04 Å². The van der Waals surface area contributed by atoms with E-state index in [1.165, 1.54) is 9.13 Å². The van der Waals surface area contributed by atoms with Gasteiger partial charge in [0.1, 0.15) is 5.82 Å². The van der Waals surface area contributed by atoms with Crippen LogP contribution in [0.3, 0.4) is 0 Å². The van der Waals surface area contributed by atoms with Crippen molar-refractivity contribution in [2.45, 2.75) is 32.4 Å². The second kappa shape index (κ2) is 6.33. The highest BCUT2D eigenvalue weighted by Crippen LogP contribution is 2.20. The molecule has 0 saturated heterocycles. The minimum Gasteiger partial charge on any atom is -0.347 e. The lowest BCUT2D eigenvalue weighted by atomic mass is 10.1. The summed E-state index contributed by atoms with van der Waals surface area (Å²) in [4.78, 5) is 7.51. The molecule has 2 unspecified atom stereocenters. The summed E-state index contributed by atoms with van der Waals surface area (Å²) < 4.78 is 1.27. The van der Waals surface area contributed by atoms with Gasteiger partial charge in [0, 0.05) is 22.0 Å². The number of hydrogen-bond acceptors (Lipinski definition) is 2. The lowest BCUT2D eigenvalue weighted by molar-refractivity contribution is 0.441. The van der Waals surface area contributed by atoms with Gasteiger partial charge in [-0.1, -0.05) is 19.1 Å². The number of H-pyrrole nitrogens is 1. The zero-order chi connectivity index (χ0) is 13.0. The molecule has 4 heteroatoms. The fourth-order valence-electron chi connectivity index (χ4n) is 2.01. The van der Waals surface area contributed by atoms with Crippen LogP contribution in [0.15, 0.2) is 36.7 Å². The van der Waals surface area contributed by atoms with Gasteiger partial charge in [0.05, 0.1) is 6.04 Å². The predicted molar refractivity (Wildman–Crippen MR) is 82.3 cm³/mol. The minimum absolute atomic E-state index is 0.272. The molecule has 1 aromatic carbocycles. The van der Waals surface area contributed by atoms with E-state index < -0.39 is 0 Å². The highest BCUT2D eigenvalue weighted by atomic mass is 127. The van der Waals surface area contributed by atoms with Crippen molar-refractivity contribution < 1.29 is 0 Å². The van der Waals surface area contributed by atoms with Crippen LogP contribution in [0.4, 0.5) is 0 Å². The van der Waals surface area contributed by atoms with E-state index in [9.17, 15) is 0 Å². The Labute approximate surface area is 122 Å². The van der Waals surface area contributed by atoms with E-state index in [2.05, 4.69) is 76.0 Å². The summed E-state index contributed by atoms with van der Waals surface area (Å²) in [5, 5.41) is 3.61. The van der Waals surface area contributed by atoms with Gasteiger partial charge >= 0.3 is 0 Å². The number of nitrogens with zero attached hydrogens (tertiary/aromatic N) is 1. The molecule has 96 valence electrons. The molecule has 1 heterocycles. The molecule has 3 nitrogen and oxygen atoms in total. The van der Waals surface area contributed by atoms with Gasteiger partial charge in [-0.05, 0) is 53.6 Å². The highest BCUT2D eigenvalue weighted by molar-refractivity contribution is 14.1. The SMILES string of the molecule is CCC(NC(C)c1ccc(I)cc1)c1ncc[nH]1.